The Morgan fingerprint density at radius 1 is 1.35 bits per heavy atom. The van der Waals surface area contributed by atoms with Gasteiger partial charge in [0.1, 0.15) is 0 Å². The van der Waals surface area contributed by atoms with Gasteiger partial charge in [0.25, 0.3) is 0 Å². The van der Waals surface area contributed by atoms with Crippen molar-refractivity contribution in [3.05, 3.63) is 29.8 Å². The molecule has 17 heavy (non-hydrogen) atoms. The molecule has 0 amide bonds. The number of para-hydroxylation sites is 1. The predicted octanol–water partition coefficient (Wildman–Crippen LogP) is 3.51. The molecular formula is C15H23NO. The molecule has 0 aromatic heterocycles. The summed E-state index contributed by atoms with van der Waals surface area (Å²) in [6.45, 7) is 5.19. The van der Waals surface area contributed by atoms with Crippen LogP contribution >= 0.6 is 0 Å². The van der Waals surface area contributed by atoms with Crippen LogP contribution in [-0.2, 0) is 0 Å². The van der Waals surface area contributed by atoms with Gasteiger partial charge < -0.3 is 10.0 Å². The smallest absolute Gasteiger partial charge is 0.0781 e. The van der Waals surface area contributed by atoms with Gasteiger partial charge in [-0.15, -0.1) is 0 Å². The van der Waals surface area contributed by atoms with Gasteiger partial charge in [0.2, 0.25) is 0 Å². The van der Waals surface area contributed by atoms with Crippen molar-refractivity contribution < 1.29 is 5.11 Å². The van der Waals surface area contributed by atoms with Gasteiger partial charge in [-0.1, -0.05) is 31.5 Å². The van der Waals surface area contributed by atoms with Crippen LogP contribution in [0.4, 0.5) is 5.69 Å². The average molecular weight is 233 g/mol. The van der Waals surface area contributed by atoms with Crippen LogP contribution in [-0.4, -0.2) is 17.7 Å². The molecule has 0 heterocycles. The molecule has 0 unspecified atom stereocenters. The Labute approximate surface area is 104 Å². The number of unbranched alkanes of at least 4 members (excludes halogenated alkanes) is 1. The molecule has 0 saturated heterocycles. The van der Waals surface area contributed by atoms with E-state index in [2.05, 4.69) is 24.0 Å². The summed E-state index contributed by atoms with van der Waals surface area (Å²) >= 11 is 0. The fraction of sp³-hybridized carbons (Fsp3) is 0.600. The van der Waals surface area contributed by atoms with E-state index in [1.165, 1.54) is 31.4 Å². The average Bonchev–Trinajstić information content (AvgIpc) is 3.14. The second kappa shape index (κ2) is 5.54. The first kappa shape index (κ1) is 12.4. The lowest BCUT2D eigenvalue weighted by atomic mass is 10.1. The van der Waals surface area contributed by atoms with E-state index in [1.807, 2.05) is 19.1 Å². The third-order valence-corrected chi connectivity index (χ3v) is 3.44. The van der Waals surface area contributed by atoms with Gasteiger partial charge in [-0.3, -0.25) is 0 Å². The minimum Gasteiger partial charge on any atom is -0.389 e. The van der Waals surface area contributed by atoms with Crippen molar-refractivity contribution in [2.45, 2.75) is 51.7 Å². The summed E-state index contributed by atoms with van der Waals surface area (Å²) in [5, 5.41) is 9.85. The molecule has 2 nitrogen and oxygen atoms in total. The summed E-state index contributed by atoms with van der Waals surface area (Å²) < 4.78 is 0. The van der Waals surface area contributed by atoms with Crippen LogP contribution in [0.2, 0.25) is 0 Å². The number of hydrogen-bond acceptors (Lipinski definition) is 2. The highest BCUT2D eigenvalue weighted by Crippen LogP contribution is 2.35. The lowest BCUT2D eigenvalue weighted by Crippen LogP contribution is -2.28. The van der Waals surface area contributed by atoms with Gasteiger partial charge in [-0.05, 0) is 32.3 Å². The molecular weight excluding hydrogens is 210 g/mol. The van der Waals surface area contributed by atoms with Crippen molar-refractivity contribution in [2.24, 2.45) is 0 Å². The number of aliphatic hydroxyl groups excluding tert-OH is 1. The minimum absolute atomic E-state index is 0.380. The number of nitrogens with zero attached hydrogens (tertiary/aromatic N) is 1. The molecule has 0 aliphatic heterocycles. The maximum absolute atomic E-state index is 9.85. The summed E-state index contributed by atoms with van der Waals surface area (Å²) in [5.41, 5.74) is 2.30. The molecule has 1 aliphatic carbocycles. The van der Waals surface area contributed by atoms with Crippen molar-refractivity contribution in [1.82, 2.24) is 0 Å². The Morgan fingerprint density at radius 3 is 2.65 bits per heavy atom. The third kappa shape index (κ3) is 3.01. The summed E-state index contributed by atoms with van der Waals surface area (Å²) in [6, 6.07) is 8.98. The monoisotopic (exact) mass is 233 g/mol. The van der Waals surface area contributed by atoms with Crippen molar-refractivity contribution in [3.63, 3.8) is 0 Å². The zero-order valence-electron chi connectivity index (χ0n) is 10.9. The van der Waals surface area contributed by atoms with Crippen LogP contribution in [0.3, 0.4) is 0 Å². The Kier molecular flexibility index (Phi) is 4.06. The predicted molar refractivity (Wildman–Crippen MR) is 72.4 cm³/mol. The molecule has 1 fully saturated rings. The second-order valence-electron chi connectivity index (χ2n) is 5.01. The van der Waals surface area contributed by atoms with Gasteiger partial charge >= 0.3 is 0 Å². The van der Waals surface area contributed by atoms with E-state index in [0.29, 0.717) is 6.04 Å². The molecule has 1 aliphatic rings. The summed E-state index contributed by atoms with van der Waals surface area (Å²) in [6.07, 6.45) is 4.68. The normalized spacial score (nSPS) is 16.9. The first-order valence-corrected chi connectivity index (χ1v) is 6.77. The Balaban J connectivity index is 2.22. The lowest BCUT2D eigenvalue weighted by Gasteiger charge is -2.28. The zero-order chi connectivity index (χ0) is 12.3. The molecule has 0 spiro atoms. The molecule has 0 radical (unpaired) electrons. The number of aliphatic hydroxyl groups is 1. The van der Waals surface area contributed by atoms with Crippen molar-refractivity contribution in [2.75, 3.05) is 11.4 Å². The highest BCUT2D eigenvalue weighted by atomic mass is 16.3. The van der Waals surface area contributed by atoms with Gasteiger partial charge in [-0.25, -0.2) is 0 Å². The van der Waals surface area contributed by atoms with E-state index in [0.717, 1.165) is 12.1 Å². The topological polar surface area (TPSA) is 23.5 Å². The van der Waals surface area contributed by atoms with Gasteiger partial charge in [0.05, 0.1) is 6.10 Å². The molecule has 1 saturated carbocycles. The fourth-order valence-electron chi connectivity index (χ4n) is 2.32. The van der Waals surface area contributed by atoms with Gasteiger partial charge in [0, 0.05) is 23.8 Å². The lowest BCUT2D eigenvalue weighted by molar-refractivity contribution is 0.199. The van der Waals surface area contributed by atoms with Crippen LogP contribution in [0.25, 0.3) is 0 Å². The first-order valence-electron chi connectivity index (χ1n) is 6.77. The standard InChI is InChI=1S/C15H23NO/c1-3-4-11-16(13-9-10-13)15-8-6-5-7-14(15)12(2)17/h5-8,12-13,17H,3-4,9-11H2,1-2H3/t12-/m1/s1. The van der Waals surface area contributed by atoms with Crippen LogP contribution in [0.15, 0.2) is 24.3 Å². The van der Waals surface area contributed by atoms with E-state index in [4.69, 9.17) is 0 Å². The molecule has 0 bridgehead atoms. The molecule has 2 heteroatoms. The Morgan fingerprint density at radius 2 is 2.06 bits per heavy atom. The van der Waals surface area contributed by atoms with Crippen LogP contribution < -0.4 is 4.90 Å². The minimum atomic E-state index is -0.380. The number of hydrogen-bond donors (Lipinski definition) is 1. The summed E-state index contributed by atoms with van der Waals surface area (Å²) in [7, 11) is 0. The molecule has 1 atom stereocenters. The first-order chi connectivity index (χ1) is 8.24. The number of anilines is 1. The van der Waals surface area contributed by atoms with Crippen LogP contribution in [0.1, 0.15) is 51.2 Å². The fourth-order valence-corrected chi connectivity index (χ4v) is 2.32. The van der Waals surface area contributed by atoms with E-state index >= 15 is 0 Å². The molecule has 1 aromatic carbocycles. The van der Waals surface area contributed by atoms with Crippen LogP contribution in [0, 0.1) is 0 Å². The molecule has 1 aromatic rings. The van der Waals surface area contributed by atoms with Crippen molar-refractivity contribution in [1.29, 1.82) is 0 Å². The maximum atomic E-state index is 9.85. The Hall–Kier alpha value is -1.02. The molecule has 94 valence electrons. The van der Waals surface area contributed by atoms with E-state index < -0.39 is 0 Å². The number of rotatable bonds is 6. The highest BCUT2D eigenvalue weighted by molar-refractivity contribution is 5.56. The zero-order valence-corrected chi connectivity index (χ0v) is 10.9. The maximum Gasteiger partial charge on any atom is 0.0781 e. The van der Waals surface area contributed by atoms with Crippen molar-refractivity contribution in [3.8, 4) is 0 Å². The second-order valence-corrected chi connectivity index (χ2v) is 5.01. The summed E-state index contributed by atoms with van der Waals surface area (Å²) in [5.74, 6) is 0. The van der Waals surface area contributed by atoms with Gasteiger partial charge in [-0.2, -0.15) is 0 Å². The van der Waals surface area contributed by atoms with E-state index in [9.17, 15) is 5.11 Å². The molecule has 2 rings (SSSR count). The quantitative estimate of drug-likeness (QED) is 0.812. The summed E-state index contributed by atoms with van der Waals surface area (Å²) in [4.78, 5) is 2.49. The Bertz CT molecular complexity index is 358. The van der Waals surface area contributed by atoms with Crippen LogP contribution in [0.5, 0.6) is 0 Å². The van der Waals surface area contributed by atoms with E-state index in [-0.39, 0.29) is 6.10 Å². The number of benzene rings is 1. The third-order valence-electron chi connectivity index (χ3n) is 3.44. The van der Waals surface area contributed by atoms with Gasteiger partial charge in [0.15, 0.2) is 0 Å². The molecule has 1 N–H and O–H groups in total. The van der Waals surface area contributed by atoms with Crippen molar-refractivity contribution >= 4 is 5.69 Å². The van der Waals surface area contributed by atoms with E-state index in [1.54, 1.807) is 0 Å². The SMILES string of the molecule is CCCCN(c1ccccc1[C@@H](C)O)C1CC1. The highest BCUT2D eigenvalue weighted by Gasteiger charge is 2.30. The largest absolute Gasteiger partial charge is 0.389 e.